The summed E-state index contributed by atoms with van der Waals surface area (Å²) in [6.45, 7) is 5.71. The van der Waals surface area contributed by atoms with E-state index in [0.29, 0.717) is 12.2 Å². The number of para-hydroxylation sites is 1. The van der Waals surface area contributed by atoms with Gasteiger partial charge in [0.2, 0.25) is 0 Å². The molecule has 0 saturated carbocycles. The summed E-state index contributed by atoms with van der Waals surface area (Å²) in [5.41, 5.74) is 0.974. The lowest BCUT2D eigenvalue weighted by atomic mass is 10.1. The Morgan fingerprint density at radius 3 is 2.20 bits per heavy atom. The Bertz CT molecular complexity index is 703. The average molecular weight is 341 g/mol. The highest BCUT2D eigenvalue weighted by molar-refractivity contribution is 5.91. The standard InChI is InChI=1S/C20H23NO4/c1-20(2,3)21-18(22)14-25-19(23)16-11-9-15(10-12-16)13-24-17-7-5-4-6-8-17/h4-12H,13-14H2,1-3H3,(H,21,22). The molecule has 2 aromatic carbocycles. The maximum Gasteiger partial charge on any atom is 0.338 e. The van der Waals surface area contributed by atoms with Gasteiger partial charge in [-0.25, -0.2) is 4.79 Å². The van der Waals surface area contributed by atoms with E-state index < -0.39 is 5.97 Å². The maximum atomic E-state index is 12.0. The minimum Gasteiger partial charge on any atom is -0.489 e. The van der Waals surface area contributed by atoms with E-state index in [-0.39, 0.29) is 18.1 Å². The molecule has 0 heterocycles. The van der Waals surface area contributed by atoms with Gasteiger partial charge in [-0.1, -0.05) is 30.3 Å². The van der Waals surface area contributed by atoms with Crippen molar-refractivity contribution >= 4 is 11.9 Å². The number of nitrogens with one attached hydrogen (secondary N) is 1. The zero-order chi connectivity index (χ0) is 18.3. The number of hydrogen-bond acceptors (Lipinski definition) is 4. The molecule has 0 aromatic heterocycles. The topological polar surface area (TPSA) is 64.6 Å². The van der Waals surface area contributed by atoms with Gasteiger partial charge in [-0.3, -0.25) is 4.79 Å². The van der Waals surface area contributed by atoms with Crippen molar-refractivity contribution in [2.24, 2.45) is 0 Å². The van der Waals surface area contributed by atoms with Crippen LogP contribution >= 0.6 is 0 Å². The molecule has 0 unspecified atom stereocenters. The third-order valence-electron chi connectivity index (χ3n) is 3.19. The van der Waals surface area contributed by atoms with Crippen molar-refractivity contribution in [2.45, 2.75) is 32.9 Å². The molecule has 5 heteroatoms. The Morgan fingerprint density at radius 2 is 1.60 bits per heavy atom. The Labute approximate surface area is 148 Å². The average Bonchev–Trinajstić information content (AvgIpc) is 2.58. The number of carbonyl (C=O) groups excluding carboxylic acids is 2. The molecule has 0 aliphatic rings. The predicted molar refractivity (Wildman–Crippen MR) is 95.4 cm³/mol. The lowest BCUT2D eigenvalue weighted by Crippen LogP contribution is -2.42. The monoisotopic (exact) mass is 341 g/mol. The first-order chi connectivity index (χ1) is 11.8. The van der Waals surface area contributed by atoms with E-state index in [0.717, 1.165) is 11.3 Å². The second-order valence-electron chi connectivity index (χ2n) is 6.67. The molecule has 2 rings (SSSR count). The van der Waals surface area contributed by atoms with Crippen LogP contribution in [0, 0.1) is 0 Å². The second-order valence-corrected chi connectivity index (χ2v) is 6.67. The fourth-order valence-corrected chi connectivity index (χ4v) is 2.09. The van der Waals surface area contributed by atoms with Crippen LogP contribution in [0.15, 0.2) is 54.6 Å². The second kappa shape index (κ2) is 8.33. The van der Waals surface area contributed by atoms with E-state index in [4.69, 9.17) is 9.47 Å². The van der Waals surface area contributed by atoms with E-state index in [1.54, 1.807) is 24.3 Å². The largest absolute Gasteiger partial charge is 0.489 e. The number of esters is 1. The highest BCUT2D eigenvalue weighted by atomic mass is 16.5. The number of rotatable bonds is 6. The molecular formula is C20H23NO4. The molecule has 5 nitrogen and oxygen atoms in total. The summed E-state index contributed by atoms with van der Waals surface area (Å²) in [5, 5.41) is 2.73. The van der Waals surface area contributed by atoms with Crippen LogP contribution in [0.5, 0.6) is 5.75 Å². The van der Waals surface area contributed by atoms with Gasteiger partial charge in [-0.05, 0) is 50.6 Å². The number of amides is 1. The highest BCUT2D eigenvalue weighted by Gasteiger charge is 2.15. The molecule has 0 fully saturated rings. The van der Waals surface area contributed by atoms with Crippen LogP contribution in [0.4, 0.5) is 0 Å². The smallest absolute Gasteiger partial charge is 0.338 e. The van der Waals surface area contributed by atoms with E-state index in [1.165, 1.54) is 0 Å². The third kappa shape index (κ3) is 6.67. The van der Waals surface area contributed by atoms with Gasteiger partial charge in [0.05, 0.1) is 5.56 Å². The Morgan fingerprint density at radius 1 is 0.960 bits per heavy atom. The molecule has 0 bridgehead atoms. The molecule has 0 saturated heterocycles. The highest BCUT2D eigenvalue weighted by Crippen LogP contribution is 2.12. The van der Waals surface area contributed by atoms with Gasteiger partial charge in [0.25, 0.3) is 5.91 Å². The number of carbonyl (C=O) groups is 2. The van der Waals surface area contributed by atoms with Crippen molar-refractivity contribution in [3.8, 4) is 5.75 Å². The molecule has 1 N–H and O–H groups in total. The summed E-state index contributed by atoms with van der Waals surface area (Å²) in [5.74, 6) is -0.0656. The number of ether oxygens (including phenoxy) is 2. The maximum absolute atomic E-state index is 12.0. The summed E-state index contributed by atoms with van der Waals surface area (Å²) in [4.78, 5) is 23.6. The van der Waals surface area contributed by atoms with Gasteiger partial charge < -0.3 is 14.8 Å². The summed E-state index contributed by atoms with van der Waals surface area (Å²) in [7, 11) is 0. The molecule has 132 valence electrons. The molecule has 0 aliphatic carbocycles. The lowest BCUT2D eigenvalue weighted by Gasteiger charge is -2.20. The van der Waals surface area contributed by atoms with Crippen molar-refractivity contribution in [2.75, 3.05) is 6.61 Å². The van der Waals surface area contributed by atoms with E-state index in [9.17, 15) is 9.59 Å². The number of hydrogen-bond donors (Lipinski definition) is 1. The molecule has 25 heavy (non-hydrogen) atoms. The first-order valence-electron chi connectivity index (χ1n) is 8.08. The molecule has 1 amide bonds. The van der Waals surface area contributed by atoms with Crippen LogP contribution in [0.3, 0.4) is 0 Å². The van der Waals surface area contributed by atoms with Crippen molar-refractivity contribution < 1.29 is 19.1 Å². The van der Waals surface area contributed by atoms with Crippen LogP contribution in [-0.4, -0.2) is 24.0 Å². The van der Waals surface area contributed by atoms with Crippen molar-refractivity contribution in [3.05, 3.63) is 65.7 Å². The van der Waals surface area contributed by atoms with Gasteiger partial charge in [0, 0.05) is 5.54 Å². The fraction of sp³-hybridized carbons (Fsp3) is 0.300. The zero-order valence-electron chi connectivity index (χ0n) is 14.7. The molecule has 0 radical (unpaired) electrons. The van der Waals surface area contributed by atoms with Crippen LogP contribution in [-0.2, 0) is 16.1 Å². The minimum absolute atomic E-state index is 0.297. The van der Waals surface area contributed by atoms with Gasteiger partial charge in [-0.15, -0.1) is 0 Å². The number of benzene rings is 2. The minimum atomic E-state index is -0.528. The van der Waals surface area contributed by atoms with Crippen molar-refractivity contribution in [3.63, 3.8) is 0 Å². The van der Waals surface area contributed by atoms with E-state index >= 15 is 0 Å². The van der Waals surface area contributed by atoms with Gasteiger partial charge >= 0.3 is 5.97 Å². The molecule has 0 atom stereocenters. The molecular weight excluding hydrogens is 318 g/mol. The van der Waals surface area contributed by atoms with Crippen LogP contribution < -0.4 is 10.1 Å². The van der Waals surface area contributed by atoms with E-state index in [1.807, 2.05) is 51.1 Å². The normalized spacial score (nSPS) is 10.8. The zero-order valence-corrected chi connectivity index (χ0v) is 14.7. The van der Waals surface area contributed by atoms with Gasteiger partial charge in [-0.2, -0.15) is 0 Å². The Balaban J connectivity index is 1.82. The first kappa shape index (κ1) is 18.5. The quantitative estimate of drug-likeness (QED) is 0.819. The SMILES string of the molecule is CC(C)(C)NC(=O)COC(=O)c1ccc(COc2ccccc2)cc1. The van der Waals surface area contributed by atoms with Crippen LogP contribution in [0.25, 0.3) is 0 Å². The molecule has 2 aromatic rings. The molecule has 0 spiro atoms. The Hall–Kier alpha value is -2.82. The first-order valence-corrected chi connectivity index (χ1v) is 8.08. The summed E-state index contributed by atoms with van der Waals surface area (Å²) in [6, 6.07) is 16.4. The summed E-state index contributed by atoms with van der Waals surface area (Å²) in [6.07, 6.45) is 0. The predicted octanol–water partition coefficient (Wildman–Crippen LogP) is 3.34. The molecule has 0 aliphatic heterocycles. The fourth-order valence-electron chi connectivity index (χ4n) is 2.09. The summed E-state index contributed by atoms with van der Waals surface area (Å²) >= 11 is 0. The lowest BCUT2D eigenvalue weighted by molar-refractivity contribution is -0.125. The van der Waals surface area contributed by atoms with Crippen molar-refractivity contribution in [1.29, 1.82) is 0 Å². The Kier molecular flexibility index (Phi) is 6.17. The van der Waals surface area contributed by atoms with Gasteiger partial charge in [0.1, 0.15) is 12.4 Å². The summed E-state index contributed by atoms with van der Waals surface area (Å²) < 4.78 is 10.7. The van der Waals surface area contributed by atoms with Crippen LogP contribution in [0.1, 0.15) is 36.7 Å². The third-order valence-corrected chi connectivity index (χ3v) is 3.19. The van der Waals surface area contributed by atoms with Gasteiger partial charge in [0.15, 0.2) is 6.61 Å². The van der Waals surface area contributed by atoms with Crippen LogP contribution in [0.2, 0.25) is 0 Å². The van der Waals surface area contributed by atoms with Crippen molar-refractivity contribution in [1.82, 2.24) is 5.32 Å². The van der Waals surface area contributed by atoms with E-state index in [2.05, 4.69) is 5.32 Å².